The molecule has 1 aromatic rings. The first-order chi connectivity index (χ1) is 7.71. The van der Waals surface area contributed by atoms with Crippen molar-refractivity contribution < 1.29 is 18.0 Å². The van der Waals surface area contributed by atoms with Crippen LogP contribution >= 0.6 is 15.9 Å². The summed E-state index contributed by atoms with van der Waals surface area (Å²) < 4.78 is 37.5. The third kappa shape index (κ3) is 3.58. The van der Waals surface area contributed by atoms with E-state index in [9.17, 15) is 18.0 Å². The molecule has 0 atom stereocenters. The second-order valence-corrected chi connectivity index (χ2v) is 4.23. The molecular formula is C9H9BrF3N3O. The number of urea groups is 1. The maximum atomic E-state index is 12.5. The van der Waals surface area contributed by atoms with E-state index >= 15 is 0 Å². The number of carbonyl (C=O) groups excluding carboxylic acids is 1. The third-order valence-corrected chi connectivity index (χ3v) is 2.43. The smallest absolute Gasteiger partial charge is 0.331 e. The normalized spacial score (nSPS) is 11.2. The highest BCUT2D eigenvalue weighted by molar-refractivity contribution is 9.10. The first-order valence-corrected chi connectivity index (χ1v) is 5.22. The van der Waals surface area contributed by atoms with Crippen LogP contribution in [0.25, 0.3) is 0 Å². The molecule has 1 heterocycles. The summed E-state index contributed by atoms with van der Waals surface area (Å²) in [6.45, 7) is 0. The van der Waals surface area contributed by atoms with Crippen molar-refractivity contribution in [3.05, 3.63) is 22.3 Å². The summed E-state index contributed by atoms with van der Waals surface area (Å²) in [5.41, 5.74) is -0.887. The fourth-order valence-electron chi connectivity index (χ4n) is 0.946. The van der Waals surface area contributed by atoms with Gasteiger partial charge in [-0.25, -0.2) is 9.78 Å². The van der Waals surface area contributed by atoms with Crippen LogP contribution in [0.15, 0.2) is 16.7 Å². The van der Waals surface area contributed by atoms with Gasteiger partial charge in [-0.3, -0.25) is 5.32 Å². The number of carbonyl (C=O) groups is 1. The van der Waals surface area contributed by atoms with Crippen LogP contribution in [0.4, 0.5) is 23.8 Å². The van der Waals surface area contributed by atoms with Crippen LogP contribution in [-0.4, -0.2) is 30.0 Å². The highest BCUT2D eigenvalue weighted by Crippen LogP contribution is 2.35. The zero-order valence-corrected chi connectivity index (χ0v) is 10.6. The van der Waals surface area contributed by atoms with Gasteiger partial charge in [0.2, 0.25) is 0 Å². The molecule has 0 radical (unpaired) electrons. The monoisotopic (exact) mass is 311 g/mol. The van der Waals surface area contributed by atoms with Crippen LogP contribution in [0.2, 0.25) is 0 Å². The summed E-state index contributed by atoms with van der Waals surface area (Å²) in [6.07, 6.45) is -3.51. The molecule has 0 aromatic carbocycles. The molecule has 0 spiro atoms. The quantitative estimate of drug-likeness (QED) is 0.866. The summed E-state index contributed by atoms with van der Waals surface area (Å²) in [5, 5.41) is 2.24. The molecule has 1 aromatic heterocycles. The van der Waals surface area contributed by atoms with Crippen molar-refractivity contribution >= 4 is 27.8 Å². The summed E-state index contributed by atoms with van der Waals surface area (Å²) in [6, 6.07) is 0.221. The molecular weight excluding hydrogens is 303 g/mol. The highest BCUT2D eigenvalue weighted by atomic mass is 79.9. The van der Waals surface area contributed by atoms with Crippen molar-refractivity contribution in [1.29, 1.82) is 0 Å². The van der Waals surface area contributed by atoms with Gasteiger partial charge in [-0.1, -0.05) is 0 Å². The van der Waals surface area contributed by atoms with E-state index in [-0.39, 0.29) is 10.3 Å². The van der Waals surface area contributed by atoms with Crippen LogP contribution < -0.4 is 5.32 Å². The van der Waals surface area contributed by atoms with Gasteiger partial charge in [0, 0.05) is 24.8 Å². The van der Waals surface area contributed by atoms with Crippen molar-refractivity contribution in [3.63, 3.8) is 0 Å². The molecule has 0 aliphatic carbocycles. The number of rotatable bonds is 1. The number of nitrogens with one attached hydrogen (secondary N) is 1. The molecule has 1 rings (SSSR count). The van der Waals surface area contributed by atoms with Gasteiger partial charge in [0.05, 0.1) is 5.56 Å². The Morgan fingerprint density at radius 2 is 2.06 bits per heavy atom. The van der Waals surface area contributed by atoms with Crippen LogP contribution in [0, 0.1) is 0 Å². The number of hydrogen-bond donors (Lipinski definition) is 1. The van der Waals surface area contributed by atoms with Crippen molar-refractivity contribution in [2.75, 3.05) is 19.4 Å². The maximum Gasteiger partial charge on any atom is 0.417 e. The van der Waals surface area contributed by atoms with E-state index in [2.05, 4.69) is 26.2 Å². The van der Waals surface area contributed by atoms with Crippen molar-refractivity contribution in [3.8, 4) is 0 Å². The predicted molar refractivity (Wildman–Crippen MR) is 59.6 cm³/mol. The van der Waals surface area contributed by atoms with Gasteiger partial charge < -0.3 is 4.90 Å². The van der Waals surface area contributed by atoms with Gasteiger partial charge >= 0.3 is 12.2 Å². The number of nitrogens with zero attached hydrogens (tertiary/aromatic N) is 2. The lowest BCUT2D eigenvalue weighted by Gasteiger charge is -2.13. The lowest BCUT2D eigenvalue weighted by molar-refractivity contribution is -0.138. The topological polar surface area (TPSA) is 45.2 Å². The molecule has 0 saturated carbocycles. The van der Waals surface area contributed by atoms with Gasteiger partial charge in [-0.2, -0.15) is 13.2 Å². The average Bonchev–Trinajstić information content (AvgIpc) is 2.19. The molecule has 0 aliphatic rings. The van der Waals surface area contributed by atoms with Crippen molar-refractivity contribution in [2.45, 2.75) is 6.18 Å². The summed E-state index contributed by atoms with van der Waals surface area (Å²) in [4.78, 5) is 16.1. The molecule has 0 fully saturated rings. The molecule has 94 valence electrons. The molecule has 1 N–H and O–H groups in total. The van der Waals surface area contributed by atoms with E-state index < -0.39 is 17.8 Å². The van der Waals surface area contributed by atoms with Crippen LogP contribution in [0.3, 0.4) is 0 Å². The molecule has 0 saturated heterocycles. The lowest BCUT2D eigenvalue weighted by Crippen LogP contribution is -2.27. The first-order valence-electron chi connectivity index (χ1n) is 4.43. The van der Waals surface area contributed by atoms with Crippen LogP contribution in [0.1, 0.15) is 5.56 Å². The standard InChI is InChI=1S/C9H9BrF3N3O/c1-16(2)8(17)15-7-3-5(9(11,12)13)6(10)4-14-7/h3-4H,1-2H3,(H,14,15,17). The Morgan fingerprint density at radius 3 is 2.53 bits per heavy atom. The van der Waals surface area contributed by atoms with E-state index in [1.165, 1.54) is 19.0 Å². The Kier molecular flexibility index (Phi) is 3.97. The molecule has 0 aliphatic heterocycles. The molecule has 17 heavy (non-hydrogen) atoms. The number of pyridine rings is 1. The summed E-state index contributed by atoms with van der Waals surface area (Å²) in [7, 11) is 2.94. The number of aromatic nitrogens is 1. The fraction of sp³-hybridized carbons (Fsp3) is 0.333. The number of anilines is 1. The van der Waals surface area contributed by atoms with E-state index in [1.54, 1.807) is 0 Å². The zero-order valence-electron chi connectivity index (χ0n) is 8.97. The SMILES string of the molecule is CN(C)C(=O)Nc1cc(C(F)(F)F)c(Br)cn1. The maximum absolute atomic E-state index is 12.5. The molecule has 8 heteroatoms. The number of hydrogen-bond acceptors (Lipinski definition) is 2. The highest BCUT2D eigenvalue weighted by Gasteiger charge is 2.33. The largest absolute Gasteiger partial charge is 0.417 e. The van der Waals surface area contributed by atoms with Gasteiger partial charge in [0.1, 0.15) is 5.82 Å². The zero-order chi connectivity index (χ0) is 13.2. The lowest BCUT2D eigenvalue weighted by atomic mass is 10.2. The minimum atomic E-state index is -4.50. The Balaban J connectivity index is 3.01. The molecule has 2 amide bonds. The van der Waals surface area contributed by atoms with E-state index in [1.807, 2.05) is 0 Å². The Hall–Kier alpha value is -1.31. The Bertz CT molecular complexity index is 434. The number of alkyl halides is 3. The molecule has 0 unspecified atom stereocenters. The number of amides is 2. The molecule has 4 nitrogen and oxygen atoms in total. The summed E-state index contributed by atoms with van der Waals surface area (Å²) >= 11 is 2.76. The Morgan fingerprint density at radius 1 is 1.47 bits per heavy atom. The second kappa shape index (κ2) is 4.91. The average molecular weight is 312 g/mol. The van der Waals surface area contributed by atoms with E-state index in [4.69, 9.17) is 0 Å². The van der Waals surface area contributed by atoms with Gasteiger partial charge in [-0.05, 0) is 22.0 Å². The van der Waals surface area contributed by atoms with Gasteiger partial charge in [0.25, 0.3) is 0 Å². The van der Waals surface area contributed by atoms with Crippen LogP contribution in [-0.2, 0) is 6.18 Å². The van der Waals surface area contributed by atoms with Gasteiger partial charge in [-0.15, -0.1) is 0 Å². The van der Waals surface area contributed by atoms with Crippen molar-refractivity contribution in [2.24, 2.45) is 0 Å². The minimum Gasteiger partial charge on any atom is -0.331 e. The Labute approximate surface area is 104 Å². The summed E-state index contributed by atoms with van der Waals surface area (Å²) in [5.74, 6) is -0.153. The second-order valence-electron chi connectivity index (χ2n) is 3.37. The molecule has 0 bridgehead atoms. The predicted octanol–water partition coefficient (Wildman–Crippen LogP) is 2.96. The third-order valence-electron chi connectivity index (χ3n) is 1.80. The fourth-order valence-corrected chi connectivity index (χ4v) is 1.39. The van der Waals surface area contributed by atoms with Crippen LogP contribution in [0.5, 0.6) is 0 Å². The minimum absolute atomic E-state index is 0.153. The van der Waals surface area contributed by atoms with Crippen molar-refractivity contribution in [1.82, 2.24) is 9.88 Å². The number of halogens is 4. The first kappa shape index (κ1) is 13.8. The van der Waals surface area contributed by atoms with E-state index in [0.717, 1.165) is 12.3 Å². The van der Waals surface area contributed by atoms with E-state index in [0.29, 0.717) is 0 Å². The van der Waals surface area contributed by atoms with Gasteiger partial charge in [0.15, 0.2) is 0 Å².